The summed E-state index contributed by atoms with van der Waals surface area (Å²) in [5.41, 5.74) is 0. The second-order valence-corrected chi connectivity index (χ2v) is 5.25. The number of hydrogen-bond donors (Lipinski definition) is 0. The first-order valence-corrected chi connectivity index (χ1v) is 7.40. The molecule has 21 heavy (non-hydrogen) atoms. The van der Waals surface area contributed by atoms with Crippen LogP contribution in [0.5, 0.6) is 0 Å². The maximum absolute atomic E-state index is 13.4. The van der Waals surface area contributed by atoms with E-state index in [1.54, 1.807) is 14.0 Å². The summed E-state index contributed by atoms with van der Waals surface area (Å²) in [6, 6.07) is 3.21. The van der Waals surface area contributed by atoms with Crippen molar-refractivity contribution in [2.24, 2.45) is 0 Å². The van der Waals surface area contributed by atoms with E-state index in [-0.39, 0.29) is 35.5 Å². The third-order valence-electron chi connectivity index (χ3n) is 2.63. The molecule has 7 heteroatoms. The molecule has 0 radical (unpaired) electrons. The van der Waals surface area contributed by atoms with Crippen LogP contribution in [0.2, 0.25) is 0 Å². The summed E-state index contributed by atoms with van der Waals surface area (Å²) in [5.74, 6) is -1.94. The second kappa shape index (κ2) is 8.61. The van der Waals surface area contributed by atoms with Crippen molar-refractivity contribution < 1.29 is 23.1 Å². The summed E-state index contributed by atoms with van der Waals surface area (Å²) in [7, 11) is 1.56. The van der Waals surface area contributed by atoms with Gasteiger partial charge >= 0.3 is 5.97 Å². The standard InChI is InChI=1S/C14H17F2NO3S/c1-3-20-14(19)6-7-17(2)13(18)9-21-12-5-4-10(15)8-11(12)16/h4-5,8H,3,6-7,9H2,1-2H3. The van der Waals surface area contributed by atoms with Gasteiger partial charge in [-0.1, -0.05) is 0 Å². The summed E-state index contributed by atoms with van der Waals surface area (Å²) in [6.45, 7) is 2.25. The van der Waals surface area contributed by atoms with Gasteiger partial charge in [0.15, 0.2) is 0 Å². The molecule has 0 saturated carbocycles. The molecule has 0 saturated heterocycles. The van der Waals surface area contributed by atoms with E-state index >= 15 is 0 Å². The van der Waals surface area contributed by atoms with Crippen molar-refractivity contribution in [3.63, 3.8) is 0 Å². The number of esters is 1. The molecule has 0 bridgehead atoms. The average Bonchev–Trinajstić information content (AvgIpc) is 2.43. The maximum atomic E-state index is 13.4. The number of ether oxygens (including phenoxy) is 1. The van der Waals surface area contributed by atoms with Gasteiger partial charge in [-0.2, -0.15) is 0 Å². The first-order valence-electron chi connectivity index (χ1n) is 6.41. The molecular formula is C14H17F2NO3S. The van der Waals surface area contributed by atoms with E-state index in [9.17, 15) is 18.4 Å². The zero-order valence-corrected chi connectivity index (χ0v) is 12.7. The molecule has 1 aromatic rings. The van der Waals surface area contributed by atoms with E-state index in [2.05, 4.69) is 0 Å². The highest BCUT2D eigenvalue weighted by atomic mass is 32.2. The Morgan fingerprint density at radius 3 is 2.67 bits per heavy atom. The van der Waals surface area contributed by atoms with Gasteiger partial charge in [0.25, 0.3) is 0 Å². The molecule has 0 aliphatic rings. The van der Waals surface area contributed by atoms with Crippen LogP contribution >= 0.6 is 11.8 Å². The fourth-order valence-electron chi connectivity index (χ4n) is 1.46. The minimum absolute atomic E-state index is 0.0158. The molecule has 0 atom stereocenters. The molecule has 0 aliphatic heterocycles. The smallest absolute Gasteiger partial charge is 0.307 e. The molecule has 0 heterocycles. The highest BCUT2D eigenvalue weighted by Crippen LogP contribution is 2.22. The van der Waals surface area contributed by atoms with Gasteiger partial charge in [0.2, 0.25) is 5.91 Å². The quantitative estimate of drug-likeness (QED) is 0.572. The van der Waals surface area contributed by atoms with E-state index < -0.39 is 11.6 Å². The summed E-state index contributed by atoms with van der Waals surface area (Å²) in [5, 5.41) is 0. The Labute approximate surface area is 126 Å². The van der Waals surface area contributed by atoms with Gasteiger partial charge in [0, 0.05) is 24.6 Å². The second-order valence-electron chi connectivity index (χ2n) is 4.23. The van der Waals surface area contributed by atoms with Crippen LogP contribution < -0.4 is 0 Å². The highest BCUT2D eigenvalue weighted by molar-refractivity contribution is 8.00. The summed E-state index contributed by atoms with van der Waals surface area (Å²) in [6.07, 6.45) is 0.117. The van der Waals surface area contributed by atoms with Gasteiger partial charge < -0.3 is 9.64 Å². The van der Waals surface area contributed by atoms with E-state index in [1.165, 1.54) is 11.0 Å². The number of benzene rings is 1. The molecule has 116 valence electrons. The van der Waals surface area contributed by atoms with Gasteiger partial charge in [0.1, 0.15) is 11.6 Å². The molecule has 1 rings (SSSR count). The van der Waals surface area contributed by atoms with E-state index in [0.29, 0.717) is 6.61 Å². The zero-order chi connectivity index (χ0) is 15.8. The number of carbonyl (C=O) groups excluding carboxylic acids is 2. The highest BCUT2D eigenvalue weighted by Gasteiger charge is 2.13. The van der Waals surface area contributed by atoms with Gasteiger partial charge in [-0.25, -0.2) is 8.78 Å². The lowest BCUT2D eigenvalue weighted by atomic mass is 10.3. The molecule has 0 N–H and O–H groups in total. The van der Waals surface area contributed by atoms with Crippen molar-refractivity contribution in [3.8, 4) is 0 Å². The third kappa shape index (κ3) is 6.12. The van der Waals surface area contributed by atoms with Gasteiger partial charge in [0.05, 0.1) is 18.8 Å². The molecule has 0 aromatic heterocycles. The lowest BCUT2D eigenvalue weighted by Gasteiger charge is -2.16. The van der Waals surface area contributed by atoms with Crippen molar-refractivity contribution in [3.05, 3.63) is 29.8 Å². The van der Waals surface area contributed by atoms with Crippen LogP contribution in [0.1, 0.15) is 13.3 Å². The largest absolute Gasteiger partial charge is 0.466 e. The van der Waals surface area contributed by atoms with Crippen molar-refractivity contribution in [1.82, 2.24) is 4.90 Å². The normalized spacial score (nSPS) is 10.3. The Bertz CT molecular complexity index is 511. The van der Waals surface area contributed by atoms with Gasteiger partial charge in [-0.3, -0.25) is 9.59 Å². The molecule has 4 nitrogen and oxygen atoms in total. The van der Waals surface area contributed by atoms with Crippen LogP contribution in [-0.4, -0.2) is 42.7 Å². The van der Waals surface area contributed by atoms with Crippen LogP contribution in [-0.2, 0) is 14.3 Å². The van der Waals surface area contributed by atoms with Crippen LogP contribution in [0.25, 0.3) is 0 Å². The summed E-state index contributed by atoms with van der Waals surface area (Å²) < 4.78 is 30.9. The van der Waals surface area contributed by atoms with Crippen molar-refractivity contribution >= 4 is 23.6 Å². The number of thioether (sulfide) groups is 1. The van der Waals surface area contributed by atoms with E-state index in [0.717, 1.165) is 23.9 Å². The van der Waals surface area contributed by atoms with Crippen molar-refractivity contribution in [1.29, 1.82) is 0 Å². The fourth-order valence-corrected chi connectivity index (χ4v) is 2.32. The molecule has 0 aliphatic carbocycles. The Hall–Kier alpha value is -1.63. The fraction of sp³-hybridized carbons (Fsp3) is 0.429. The molecule has 0 fully saturated rings. The average molecular weight is 317 g/mol. The Balaban J connectivity index is 2.40. The summed E-state index contributed by atoms with van der Waals surface area (Å²) in [4.78, 5) is 24.6. The van der Waals surface area contributed by atoms with Gasteiger partial charge in [-0.15, -0.1) is 11.8 Å². The number of halogens is 2. The summed E-state index contributed by atoms with van der Waals surface area (Å²) >= 11 is 0.988. The van der Waals surface area contributed by atoms with Gasteiger partial charge in [-0.05, 0) is 19.1 Å². The van der Waals surface area contributed by atoms with Crippen LogP contribution in [0.15, 0.2) is 23.1 Å². The number of hydrogen-bond acceptors (Lipinski definition) is 4. The maximum Gasteiger partial charge on any atom is 0.307 e. The third-order valence-corrected chi connectivity index (χ3v) is 3.66. The Kier molecular flexibility index (Phi) is 7.14. The lowest BCUT2D eigenvalue weighted by molar-refractivity contribution is -0.143. The van der Waals surface area contributed by atoms with E-state index in [1.807, 2.05) is 0 Å². The molecular weight excluding hydrogens is 300 g/mol. The van der Waals surface area contributed by atoms with Crippen LogP contribution in [0, 0.1) is 11.6 Å². The monoisotopic (exact) mass is 317 g/mol. The van der Waals surface area contributed by atoms with E-state index in [4.69, 9.17) is 4.74 Å². The SMILES string of the molecule is CCOC(=O)CCN(C)C(=O)CSc1ccc(F)cc1F. The van der Waals surface area contributed by atoms with Crippen LogP contribution in [0.3, 0.4) is 0 Å². The number of amides is 1. The topological polar surface area (TPSA) is 46.6 Å². The first kappa shape index (κ1) is 17.4. The first-order chi connectivity index (χ1) is 9.93. The number of nitrogens with zero attached hydrogens (tertiary/aromatic N) is 1. The molecule has 1 aromatic carbocycles. The van der Waals surface area contributed by atoms with Crippen LogP contribution in [0.4, 0.5) is 8.78 Å². The van der Waals surface area contributed by atoms with Crippen molar-refractivity contribution in [2.75, 3.05) is 26.0 Å². The Morgan fingerprint density at radius 1 is 1.33 bits per heavy atom. The predicted octanol–water partition coefficient (Wildman–Crippen LogP) is 2.47. The Morgan fingerprint density at radius 2 is 2.05 bits per heavy atom. The van der Waals surface area contributed by atoms with Crippen molar-refractivity contribution in [2.45, 2.75) is 18.2 Å². The lowest BCUT2D eigenvalue weighted by Crippen LogP contribution is -2.30. The molecule has 0 spiro atoms. The number of carbonyl (C=O) groups is 2. The minimum atomic E-state index is -0.693. The predicted molar refractivity (Wildman–Crippen MR) is 76.0 cm³/mol. The zero-order valence-electron chi connectivity index (χ0n) is 11.9. The number of rotatable bonds is 7. The molecule has 0 unspecified atom stereocenters. The molecule has 1 amide bonds. The minimum Gasteiger partial charge on any atom is -0.466 e.